The second-order valence-electron chi connectivity index (χ2n) is 5.30. The van der Waals surface area contributed by atoms with E-state index in [-0.39, 0.29) is 6.10 Å². The number of rotatable bonds is 5. The van der Waals surface area contributed by atoms with Crippen molar-refractivity contribution in [2.45, 2.75) is 33.3 Å². The van der Waals surface area contributed by atoms with Crippen LogP contribution < -0.4 is 4.90 Å². The second-order valence-corrected chi connectivity index (χ2v) is 5.30. The molecule has 2 heteroatoms. The van der Waals surface area contributed by atoms with Crippen molar-refractivity contribution in [1.82, 2.24) is 0 Å². The van der Waals surface area contributed by atoms with Crippen LogP contribution in [-0.2, 0) is 0 Å². The lowest BCUT2D eigenvalue weighted by Gasteiger charge is -2.28. The summed E-state index contributed by atoms with van der Waals surface area (Å²) in [5.74, 6) is 0. The molecule has 2 rings (SSSR count). The minimum atomic E-state index is -0.323. The van der Waals surface area contributed by atoms with Crippen molar-refractivity contribution >= 4 is 11.4 Å². The van der Waals surface area contributed by atoms with Gasteiger partial charge in [-0.2, -0.15) is 0 Å². The summed E-state index contributed by atoms with van der Waals surface area (Å²) < 4.78 is 0. The normalized spacial score (nSPS) is 12.2. The van der Waals surface area contributed by atoms with Crippen LogP contribution in [0.5, 0.6) is 0 Å². The van der Waals surface area contributed by atoms with E-state index in [1.165, 1.54) is 11.1 Å². The van der Waals surface area contributed by atoms with Gasteiger partial charge in [-0.05, 0) is 44.0 Å². The minimum absolute atomic E-state index is 0.323. The molecule has 0 aliphatic rings. The molecule has 1 atom stereocenters. The van der Waals surface area contributed by atoms with Crippen molar-refractivity contribution in [2.75, 3.05) is 11.4 Å². The van der Waals surface area contributed by atoms with E-state index in [9.17, 15) is 5.11 Å². The first-order chi connectivity index (χ1) is 9.61. The Bertz CT molecular complexity index is 551. The van der Waals surface area contributed by atoms with Gasteiger partial charge in [0.25, 0.3) is 0 Å². The molecule has 1 N–H and O–H groups in total. The summed E-state index contributed by atoms with van der Waals surface area (Å²) in [5, 5.41) is 10.1. The first-order valence-corrected chi connectivity index (χ1v) is 7.19. The van der Waals surface area contributed by atoms with E-state index < -0.39 is 0 Å². The highest BCUT2D eigenvalue weighted by Gasteiger charge is 2.15. The van der Waals surface area contributed by atoms with Gasteiger partial charge in [-0.1, -0.05) is 42.8 Å². The number of hydrogen-bond donors (Lipinski definition) is 1. The van der Waals surface area contributed by atoms with Crippen molar-refractivity contribution in [1.29, 1.82) is 0 Å². The van der Waals surface area contributed by atoms with Crippen molar-refractivity contribution in [3.8, 4) is 0 Å². The van der Waals surface area contributed by atoms with E-state index in [0.717, 1.165) is 17.8 Å². The van der Waals surface area contributed by atoms with Crippen LogP contribution in [0, 0.1) is 13.8 Å². The minimum Gasteiger partial charge on any atom is -0.391 e. The SMILES string of the molecule is CCC(O)CN(c1ccccc1)c1ccc(C)cc1C. The maximum Gasteiger partial charge on any atom is 0.0716 e. The zero-order valence-electron chi connectivity index (χ0n) is 12.5. The van der Waals surface area contributed by atoms with E-state index >= 15 is 0 Å². The average Bonchev–Trinajstić information content (AvgIpc) is 2.46. The summed E-state index contributed by atoms with van der Waals surface area (Å²) in [5.41, 5.74) is 4.77. The Kier molecular flexibility index (Phi) is 4.80. The van der Waals surface area contributed by atoms with Gasteiger partial charge >= 0.3 is 0 Å². The van der Waals surface area contributed by atoms with Crippen LogP contribution in [0.1, 0.15) is 24.5 Å². The maximum absolute atomic E-state index is 10.1. The molecule has 0 amide bonds. The quantitative estimate of drug-likeness (QED) is 0.878. The van der Waals surface area contributed by atoms with Gasteiger partial charge in [0, 0.05) is 17.9 Å². The molecule has 0 spiro atoms. The molecule has 106 valence electrons. The zero-order valence-corrected chi connectivity index (χ0v) is 12.5. The fraction of sp³-hybridized carbons (Fsp3) is 0.333. The Balaban J connectivity index is 2.40. The van der Waals surface area contributed by atoms with E-state index in [4.69, 9.17) is 0 Å². The number of nitrogens with zero attached hydrogens (tertiary/aromatic N) is 1. The molecule has 0 saturated heterocycles. The van der Waals surface area contributed by atoms with Crippen molar-refractivity contribution in [2.24, 2.45) is 0 Å². The summed E-state index contributed by atoms with van der Waals surface area (Å²) in [6, 6.07) is 16.7. The Morgan fingerprint density at radius 3 is 2.35 bits per heavy atom. The van der Waals surface area contributed by atoms with E-state index in [2.05, 4.69) is 49.1 Å². The second kappa shape index (κ2) is 6.58. The van der Waals surface area contributed by atoms with E-state index in [1.807, 2.05) is 25.1 Å². The highest BCUT2D eigenvalue weighted by atomic mass is 16.3. The Morgan fingerprint density at radius 2 is 1.75 bits per heavy atom. The molecule has 0 radical (unpaired) electrons. The number of hydrogen-bond acceptors (Lipinski definition) is 2. The topological polar surface area (TPSA) is 23.5 Å². The number of para-hydroxylation sites is 1. The number of aryl methyl sites for hydroxylation is 2. The van der Waals surface area contributed by atoms with Gasteiger partial charge in [0.05, 0.1) is 6.10 Å². The van der Waals surface area contributed by atoms with Gasteiger partial charge < -0.3 is 10.0 Å². The van der Waals surface area contributed by atoms with Gasteiger partial charge in [0.1, 0.15) is 0 Å². The van der Waals surface area contributed by atoms with Crippen LogP contribution in [0.2, 0.25) is 0 Å². The predicted octanol–water partition coefficient (Wildman–Crippen LogP) is 4.21. The molecular weight excluding hydrogens is 246 g/mol. The van der Waals surface area contributed by atoms with E-state index in [1.54, 1.807) is 0 Å². The van der Waals surface area contributed by atoms with Crippen molar-refractivity contribution in [3.05, 3.63) is 59.7 Å². The Morgan fingerprint density at radius 1 is 1.05 bits per heavy atom. The van der Waals surface area contributed by atoms with Gasteiger partial charge in [-0.25, -0.2) is 0 Å². The fourth-order valence-corrected chi connectivity index (χ4v) is 2.40. The molecule has 0 aliphatic heterocycles. The summed E-state index contributed by atoms with van der Waals surface area (Å²) >= 11 is 0. The molecule has 0 aromatic heterocycles. The van der Waals surface area contributed by atoms with Gasteiger partial charge in [0.15, 0.2) is 0 Å². The van der Waals surface area contributed by atoms with Crippen LogP contribution >= 0.6 is 0 Å². The predicted molar refractivity (Wildman–Crippen MR) is 85.7 cm³/mol. The Labute approximate surface area is 121 Å². The molecule has 20 heavy (non-hydrogen) atoms. The van der Waals surface area contributed by atoms with Gasteiger partial charge in [-0.3, -0.25) is 0 Å². The number of aliphatic hydroxyl groups is 1. The van der Waals surface area contributed by atoms with E-state index in [0.29, 0.717) is 6.54 Å². The zero-order chi connectivity index (χ0) is 14.5. The molecule has 0 bridgehead atoms. The summed E-state index contributed by atoms with van der Waals surface area (Å²) in [7, 11) is 0. The molecule has 1 unspecified atom stereocenters. The van der Waals surface area contributed by atoms with Crippen molar-refractivity contribution < 1.29 is 5.11 Å². The smallest absolute Gasteiger partial charge is 0.0716 e. The van der Waals surface area contributed by atoms with Crippen LogP contribution in [-0.4, -0.2) is 17.8 Å². The molecule has 0 heterocycles. The highest BCUT2D eigenvalue weighted by Crippen LogP contribution is 2.29. The summed E-state index contributed by atoms with van der Waals surface area (Å²) in [4.78, 5) is 2.20. The summed E-state index contributed by atoms with van der Waals surface area (Å²) in [6.45, 7) is 6.85. The number of anilines is 2. The molecule has 0 fully saturated rings. The number of benzene rings is 2. The lowest BCUT2D eigenvalue weighted by Crippen LogP contribution is -2.28. The summed E-state index contributed by atoms with van der Waals surface area (Å²) in [6.07, 6.45) is 0.435. The largest absolute Gasteiger partial charge is 0.391 e. The van der Waals surface area contributed by atoms with Crippen LogP contribution in [0.4, 0.5) is 11.4 Å². The van der Waals surface area contributed by atoms with Crippen molar-refractivity contribution in [3.63, 3.8) is 0 Å². The molecule has 2 nitrogen and oxygen atoms in total. The standard InChI is InChI=1S/C18H23NO/c1-4-17(20)13-19(16-8-6-5-7-9-16)18-11-10-14(2)12-15(18)3/h5-12,17,20H,4,13H2,1-3H3. The Hall–Kier alpha value is -1.80. The molecular formula is C18H23NO. The first kappa shape index (κ1) is 14.6. The van der Waals surface area contributed by atoms with Crippen LogP contribution in [0.3, 0.4) is 0 Å². The average molecular weight is 269 g/mol. The first-order valence-electron chi connectivity index (χ1n) is 7.19. The third-order valence-corrected chi connectivity index (χ3v) is 3.58. The third-order valence-electron chi connectivity index (χ3n) is 3.58. The lowest BCUT2D eigenvalue weighted by atomic mass is 10.1. The highest BCUT2D eigenvalue weighted by molar-refractivity contribution is 5.66. The monoisotopic (exact) mass is 269 g/mol. The molecule has 0 aliphatic carbocycles. The molecule has 0 saturated carbocycles. The van der Waals surface area contributed by atoms with Crippen LogP contribution in [0.25, 0.3) is 0 Å². The van der Waals surface area contributed by atoms with Crippen LogP contribution in [0.15, 0.2) is 48.5 Å². The van der Waals surface area contributed by atoms with Gasteiger partial charge in [0.2, 0.25) is 0 Å². The maximum atomic E-state index is 10.1. The van der Waals surface area contributed by atoms with Gasteiger partial charge in [-0.15, -0.1) is 0 Å². The third kappa shape index (κ3) is 3.40. The fourth-order valence-electron chi connectivity index (χ4n) is 2.40. The molecule has 2 aromatic rings. The molecule has 2 aromatic carbocycles. The number of aliphatic hydroxyl groups excluding tert-OH is 1. The lowest BCUT2D eigenvalue weighted by molar-refractivity contribution is 0.178.